The van der Waals surface area contributed by atoms with Crippen LogP contribution < -0.4 is 11.1 Å². The molecule has 1 N–H and O–H groups in total. The number of aryl methyl sites for hydroxylation is 1. The zero-order valence-corrected chi connectivity index (χ0v) is 10.9. The number of nitrogens with one attached hydrogen (secondary N) is 1. The van der Waals surface area contributed by atoms with E-state index in [-0.39, 0.29) is 22.3 Å². The highest BCUT2D eigenvalue weighted by Gasteiger charge is 2.11. The molecule has 0 aliphatic carbocycles. The lowest BCUT2D eigenvalue weighted by atomic mass is 10.2. The maximum absolute atomic E-state index is 13.3. The van der Waals surface area contributed by atoms with E-state index in [9.17, 15) is 18.4 Å². The van der Waals surface area contributed by atoms with Crippen molar-refractivity contribution >= 4 is 10.9 Å². The third-order valence-electron chi connectivity index (χ3n) is 3.11. The normalized spacial score (nSPS) is 11.0. The fraction of sp³-hybridized carbons (Fsp3) is 0.0714. The van der Waals surface area contributed by atoms with Gasteiger partial charge >= 0.3 is 0 Å². The Labute approximate surface area is 116 Å². The van der Waals surface area contributed by atoms with E-state index < -0.39 is 17.2 Å². The van der Waals surface area contributed by atoms with E-state index in [1.54, 1.807) is 7.05 Å². The first-order valence-electron chi connectivity index (χ1n) is 6.02. The zero-order chi connectivity index (χ0) is 15.1. The summed E-state index contributed by atoms with van der Waals surface area (Å²) in [5.41, 5.74) is -0.264. The smallest absolute Gasteiger partial charge is 0.259 e. The average molecular weight is 289 g/mol. The Morgan fingerprint density at radius 2 is 1.86 bits per heavy atom. The first-order chi connectivity index (χ1) is 9.95. The average Bonchev–Trinajstić information content (AvgIpc) is 2.44. The quantitative estimate of drug-likeness (QED) is 0.739. The summed E-state index contributed by atoms with van der Waals surface area (Å²) in [4.78, 5) is 29.9. The summed E-state index contributed by atoms with van der Waals surface area (Å²) >= 11 is 0. The van der Waals surface area contributed by atoms with Gasteiger partial charge in [-0.15, -0.1) is 0 Å². The van der Waals surface area contributed by atoms with Crippen molar-refractivity contribution in [3.8, 4) is 11.4 Å². The molecule has 0 bridgehead atoms. The van der Waals surface area contributed by atoms with Crippen LogP contribution in [0.5, 0.6) is 0 Å². The summed E-state index contributed by atoms with van der Waals surface area (Å²) in [7, 11) is 1.56. The van der Waals surface area contributed by atoms with Crippen LogP contribution in [0, 0.1) is 11.6 Å². The van der Waals surface area contributed by atoms with Crippen molar-refractivity contribution in [1.29, 1.82) is 0 Å². The number of benzene rings is 1. The topological polar surface area (TPSA) is 67.8 Å². The van der Waals surface area contributed by atoms with Gasteiger partial charge in [-0.25, -0.2) is 13.8 Å². The highest BCUT2D eigenvalue weighted by Crippen LogP contribution is 2.17. The van der Waals surface area contributed by atoms with Gasteiger partial charge in [-0.05, 0) is 12.1 Å². The van der Waals surface area contributed by atoms with E-state index in [2.05, 4.69) is 9.97 Å². The molecule has 0 saturated heterocycles. The maximum Gasteiger partial charge on any atom is 0.259 e. The Morgan fingerprint density at radius 1 is 1.14 bits per heavy atom. The van der Waals surface area contributed by atoms with Crippen LogP contribution in [0.25, 0.3) is 22.3 Å². The maximum atomic E-state index is 13.3. The number of hydrogen-bond donors (Lipinski definition) is 1. The number of H-pyrrole nitrogens is 1. The number of nitrogens with zero attached hydrogens (tertiary/aromatic N) is 2. The molecule has 21 heavy (non-hydrogen) atoms. The van der Waals surface area contributed by atoms with Crippen molar-refractivity contribution in [2.45, 2.75) is 0 Å². The summed E-state index contributed by atoms with van der Waals surface area (Å²) in [6, 6.07) is 4.49. The Kier molecular flexibility index (Phi) is 2.90. The van der Waals surface area contributed by atoms with Crippen LogP contribution in [0.15, 0.2) is 40.1 Å². The summed E-state index contributed by atoms with van der Waals surface area (Å²) < 4.78 is 27.7. The number of pyridine rings is 1. The van der Waals surface area contributed by atoms with E-state index in [1.807, 2.05) is 0 Å². The highest BCUT2D eigenvalue weighted by atomic mass is 19.2. The lowest BCUT2D eigenvalue weighted by Crippen LogP contribution is -2.15. The minimum atomic E-state index is -1.11. The molecule has 5 nitrogen and oxygen atoms in total. The van der Waals surface area contributed by atoms with Crippen LogP contribution in [-0.4, -0.2) is 14.5 Å². The van der Waals surface area contributed by atoms with Crippen LogP contribution in [0.4, 0.5) is 8.78 Å². The molecular formula is C14H9F2N3O2. The molecule has 0 unspecified atom stereocenters. The summed E-state index contributed by atoms with van der Waals surface area (Å²) in [5, 5.41) is -0.0394. The van der Waals surface area contributed by atoms with Gasteiger partial charge in [0, 0.05) is 30.9 Å². The third-order valence-corrected chi connectivity index (χ3v) is 3.11. The van der Waals surface area contributed by atoms with Gasteiger partial charge in [0.05, 0.1) is 10.9 Å². The second kappa shape index (κ2) is 4.62. The summed E-state index contributed by atoms with van der Waals surface area (Å²) in [6.45, 7) is 0. The number of hydrogen-bond acceptors (Lipinski definition) is 3. The monoisotopic (exact) mass is 289 g/mol. The molecule has 0 fully saturated rings. The molecule has 7 heteroatoms. The predicted molar refractivity (Wildman–Crippen MR) is 73.0 cm³/mol. The van der Waals surface area contributed by atoms with Crippen molar-refractivity contribution in [2.24, 2.45) is 7.05 Å². The lowest BCUT2D eigenvalue weighted by molar-refractivity contribution is 0.510. The number of halogens is 2. The van der Waals surface area contributed by atoms with Gasteiger partial charge < -0.3 is 9.55 Å². The van der Waals surface area contributed by atoms with E-state index in [0.717, 1.165) is 12.1 Å². The van der Waals surface area contributed by atoms with E-state index in [1.165, 1.54) is 22.9 Å². The molecule has 0 amide bonds. The summed E-state index contributed by atoms with van der Waals surface area (Å²) in [5.74, 6) is -2.01. The van der Waals surface area contributed by atoms with Gasteiger partial charge in [-0.1, -0.05) is 0 Å². The fourth-order valence-corrected chi connectivity index (χ4v) is 2.00. The van der Waals surface area contributed by atoms with Gasteiger partial charge in [0.15, 0.2) is 11.6 Å². The number of aromatic nitrogens is 3. The van der Waals surface area contributed by atoms with Crippen molar-refractivity contribution in [1.82, 2.24) is 14.5 Å². The molecule has 2 heterocycles. The molecule has 1 aromatic carbocycles. The number of fused-ring (bicyclic) bond motifs is 1. The molecule has 0 aliphatic rings. The minimum absolute atomic E-state index is 0.0394. The van der Waals surface area contributed by atoms with E-state index >= 15 is 0 Å². The van der Waals surface area contributed by atoms with Crippen LogP contribution in [0.3, 0.4) is 0 Å². The molecule has 0 aliphatic heterocycles. The Bertz CT molecular complexity index is 976. The zero-order valence-electron chi connectivity index (χ0n) is 10.9. The van der Waals surface area contributed by atoms with Gasteiger partial charge in [0.25, 0.3) is 5.56 Å². The fourth-order valence-electron chi connectivity index (χ4n) is 2.00. The van der Waals surface area contributed by atoms with Crippen molar-refractivity contribution in [3.05, 3.63) is 62.8 Å². The molecule has 0 spiro atoms. The first kappa shape index (κ1) is 13.2. The second-order valence-corrected chi connectivity index (χ2v) is 4.56. The lowest BCUT2D eigenvalue weighted by Gasteiger charge is -2.05. The highest BCUT2D eigenvalue weighted by molar-refractivity contribution is 5.79. The standard InChI is InChI=1S/C14H9F2N3O2/c1-19-6-7(2-3-12(19)20)13-17-11-5-10(16)9(15)4-8(11)14(21)18-13/h2-6H,1H3,(H,17,18,21). The van der Waals surface area contributed by atoms with Crippen LogP contribution in [0.1, 0.15) is 0 Å². The first-order valence-corrected chi connectivity index (χ1v) is 6.02. The van der Waals surface area contributed by atoms with Gasteiger partial charge in [0.1, 0.15) is 5.82 Å². The third kappa shape index (κ3) is 2.22. The van der Waals surface area contributed by atoms with Crippen molar-refractivity contribution in [3.63, 3.8) is 0 Å². The van der Waals surface area contributed by atoms with Gasteiger partial charge in [-0.3, -0.25) is 9.59 Å². The van der Waals surface area contributed by atoms with Gasteiger partial charge in [0.2, 0.25) is 5.56 Å². The SMILES string of the molecule is Cn1cc(-c2nc3cc(F)c(F)cc3c(=O)[nH]2)ccc1=O. The van der Waals surface area contributed by atoms with Gasteiger partial charge in [-0.2, -0.15) is 0 Å². The van der Waals surface area contributed by atoms with Crippen molar-refractivity contribution in [2.75, 3.05) is 0 Å². The van der Waals surface area contributed by atoms with E-state index in [0.29, 0.717) is 5.56 Å². The molecule has 2 aromatic heterocycles. The minimum Gasteiger partial charge on any atom is -0.318 e. The number of aromatic amines is 1. The van der Waals surface area contributed by atoms with Crippen LogP contribution in [-0.2, 0) is 7.05 Å². The molecular weight excluding hydrogens is 280 g/mol. The second-order valence-electron chi connectivity index (χ2n) is 4.56. The Morgan fingerprint density at radius 3 is 2.57 bits per heavy atom. The number of rotatable bonds is 1. The predicted octanol–water partition coefficient (Wildman–Crippen LogP) is 1.57. The molecule has 0 atom stereocenters. The molecule has 0 radical (unpaired) electrons. The molecule has 106 valence electrons. The van der Waals surface area contributed by atoms with Crippen LogP contribution >= 0.6 is 0 Å². The largest absolute Gasteiger partial charge is 0.318 e. The molecule has 3 rings (SSSR count). The summed E-state index contributed by atoms with van der Waals surface area (Å²) in [6.07, 6.45) is 1.49. The molecule has 3 aromatic rings. The molecule has 0 saturated carbocycles. The Hall–Kier alpha value is -2.83. The van der Waals surface area contributed by atoms with Crippen molar-refractivity contribution < 1.29 is 8.78 Å². The van der Waals surface area contributed by atoms with Crippen LogP contribution in [0.2, 0.25) is 0 Å². The van der Waals surface area contributed by atoms with E-state index in [4.69, 9.17) is 0 Å². The Balaban J connectivity index is 2.29.